The number of carboxylic acids is 1. The number of nitrogens with one attached hydrogen (secondary N) is 1. The maximum Gasteiger partial charge on any atom is 0.408 e. The topological polar surface area (TPSA) is 78.9 Å². The van der Waals surface area contributed by atoms with E-state index in [-0.39, 0.29) is 13.3 Å². The Bertz CT molecular complexity index is 464. The lowest BCUT2D eigenvalue weighted by molar-refractivity contribution is -0.142. The number of likely N-dealkylation sites (tertiary alicyclic amines) is 1. The van der Waals surface area contributed by atoms with Gasteiger partial charge in [-0.05, 0) is 18.4 Å². The van der Waals surface area contributed by atoms with Crippen molar-refractivity contribution < 1.29 is 19.4 Å². The largest absolute Gasteiger partial charge is 0.480 e. The van der Waals surface area contributed by atoms with Gasteiger partial charge in [-0.25, -0.2) is 4.79 Å². The lowest BCUT2D eigenvalue weighted by Crippen LogP contribution is -2.43. The van der Waals surface area contributed by atoms with Crippen LogP contribution in [-0.2, 0) is 16.1 Å². The SMILES string of the molecule is O=C(NCN1CCCC1C(=O)O)OCc1ccccc1. The molecule has 0 spiro atoms. The molecule has 6 heteroatoms. The Morgan fingerprint density at radius 1 is 1.35 bits per heavy atom. The van der Waals surface area contributed by atoms with E-state index in [9.17, 15) is 9.59 Å². The predicted molar refractivity (Wildman–Crippen MR) is 72.0 cm³/mol. The average Bonchev–Trinajstić information content (AvgIpc) is 2.92. The number of benzene rings is 1. The van der Waals surface area contributed by atoms with Crippen LogP contribution in [0.15, 0.2) is 30.3 Å². The van der Waals surface area contributed by atoms with E-state index in [4.69, 9.17) is 9.84 Å². The van der Waals surface area contributed by atoms with Gasteiger partial charge in [-0.15, -0.1) is 0 Å². The number of amides is 1. The molecule has 1 atom stereocenters. The lowest BCUT2D eigenvalue weighted by Gasteiger charge is -2.21. The first kappa shape index (κ1) is 14.3. The minimum atomic E-state index is -0.845. The van der Waals surface area contributed by atoms with E-state index in [1.807, 2.05) is 30.3 Å². The van der Waals surface area contributed by atoms with Crippen molar-refractivity contribution in [2.45, 2.75) is 25.5 Å². The summed E-state index contributed by atoms with van der Waals surface area (Å²) < 4.78 is 5.06. The fraction of sp³-hybridized carbons (Fsp3) is 0.429. The number of alkyl carbamates (subject to hydrolysis) is 1. The molecular weight excluding hydrogens is 260 g/mol. The van der Waals surface area contributed by atoms with E-state index >= 15 is 0 Å². The van der Waals surface area contributed by atoms with Crippen LogP contribution in [0.5, 0.6) is 0 Å². The van der Waals surface area contributed by atoms with E-state index in [0.717, 1.165) is 12.0 Å². The fourth-order valence-electron chi connectivity index (χ4n) is 2.24. The Morgan fingerprint density at radius 3 is 2.80 bits per heavy atom. The molecule has 1 saturated heterocycles. The van der Waals surface area contributed by atoms with Crippen LogP contribution in [-0.4, -0.2) is 41.3 Å². The molecule has 0 bridgehead atoms. The van der Waals surface area contributed by atoms with Crippen LogP contribution in [0.3, 0.4) is 0 Å². The quantitative estimate of drug-likeness (QED) is 0.851. The Balaban J connectivity index is 1.71. The summed E-state index contributed by atoms with van der Waals surface area (Å²) in [5.41, 5.74) is 0.909. The van der Waals surface area contributed by atoms with Crippen molar-refractivity contribution in [1.29, 1.82) is 0 Å². The molecule has 1 heterocycles. The number of carbonyl (C=O) groups is 2. The molecule has 0 saturated carbocycles. The van der Waals surface area contributed by atoms with Gasteiger partial charge in [0.2, 0.25) is 0 Å². The molecule has 2 N–H and O–H groups in total. The zero-order valence-corrected chi connectivity index (χ0v) is 11.1. The summed E-state index contributed by atoms with van der Waals surface area (Å²) in [6, 6.07) is 8.87. The highest BCUT2D eigenvalue weighted by Gasteiger charge is 2.30. The summed E-state index contributed by atoms with van der Waals surface area (Å²) in [5, 5.41) is 11.6. The third-order valence-electron chi connectivity index (χ3n) is 3.29. The molecule has 1 amide bonds. The zero-order chi connectivity index (χ0) is 14.4. The summed E-state index contributed by atoms with van der Waals surface area (Å²) in [5.74, 6) is -0.845. The van der Waals surface area contributed by atoms with Crippen molar-refractivity contribution in [3.05, 3.63) is 35.9 Å². The maximum atomic E-state index is 11.5. The standard InChI is InChI=1S/C14H18N2O4/c17-13(18)12-7-4-8-16(12)10-15-14(19)20-9-11-5-2-1-3-6-11/h1-3,5-6,12H,4,7-10H2,(H,15,19)(H,17,18). The molecule has 2 rings (SSSR count). The van der Waals surface area contributed by atoms with Crippen LogP contribution >= 0.6 is 0 Å². The van der Waals surface area contributed by atoms with E-state index in [1.54, 1.807) is 4.90 Å². The molecule has 20 heavy (non-hydrogen) atoms. The van der Waals surface area contributed by atoms with Gasteiger partial charge in [0.15, 0.2) is 0 Å². The Labute approximate surface area is 117 Å². The number of carboxylic acid groups (broad SMARTS) is 1. The number of rotatable bonds is 5. The van der Waals surface area contributed by atoms with Crippen LogP contribution in [0.2, 0.25) is 0 Å². The number of carbonyl (C=O) groups excluding carboxylic acids is 1. The highest BCUT2D eigenvalue weighted by atomic mass is 16.5. The first-order valence-electron chi connectivity index (χ1n) is 6.58. The second-order valence-corrected chi connectivity index (χ2v) is 4.71. The summed E-state index contributed by atoms with van der Waals surface area (Å²) in [7, 11) is 0. The second-order valence-electron chi connectivity index (χ2n) is 4.71. The summed E-state index contributed by atoms with van der Waals surface area (Å²) in [4.78, 5) is 24.3. The number of nitrogens with zero attached hydrogens (tertiary/aromatic N) is 1. The smallest absolute Gasteiger partial charge is 0.408 e. The summed E-state index contributed by atoms with van der Waals surface area (Å²) in [6.07, 6.45) is 0.915. The van der Waals surface area contributed by atoms with Crippen molar-refractivity contribution >= 4 is 12.1 Å². The van der Waals surface area contributed by atoms with Crippen molar-refractivity contribution in [1.82, 2.24) is 10.2 Å². The molecule has 0 radical (unpaired) electrons. The van der Waals surface area contributed by atoms with Crippen LogP contribution in [0.1, 0.15) is 18.4 Å². The summed E-state index contributed by atoms with van der Waals surface area (Å²) >= 11 is 0. The minimum absolute atomic E-state index is 0.199. The third-order valence-corrected chi connectivity index (χ3v) is 3.29. The molecule has 6 nitrogen and oxygen atoms in total. The number of hydrogen-bond acceptors (Lipinski definition) is 4. The van der Waals surface area contributed by atoms with Gasteiger partial charge in [-0.3, -0.25) is 9.69 Å². The van der Waals surface area contributed by atoms with E-state index in [0.29, 0.717) is 13.0 Å². The molecule has 1 aromatic carbocycles. The van der Waals surface area contributed by atoms with Crippen molar-refractivity contribution in [2.24, 2.45) is 0 Å². The highest BCUT2D eigenvalue weighted by molar-refractivity contribution is 5.74. The molecule has 1 aliphatic rings. The molecule has 1 fully saturated rings. The van der Waals surface area contributed by atoms with Gasteiger partial charge in [0.1, 0.15) is 12.6 Å². The first-order valence-corrected chi connectivity index (χ1v) is 6.58. The van der Waals surface area contributed by atoms with Crippen molar-refractivity contribution in [2.75, 3.05) is 13.2 Å². The molecule has 1 aliphatic heterocycles. The normalized spacial score (nSPS) is 18.7. The van der Waals surface area contributed by atoms with Crippen molar-refractivity contribution in [3.8, 4) is 0 Å². The van der Waals surface area contributed by atoms with Gasteiger partial charge in [0, 0.05) is 6.54 Å². The maximum absolute atomic E-state index is 11.5. The van der Waals surface area contributed by atoms with Crippen LogP contribution in [0.25, 0.3) is 0 Å². The zero-order valence-electron chi connectivity index (χ0n) is 11.1. The van der Waals surface area contributed by atoms with Gasteiger partial charge in [-0.1, -0.05) is 30.3 Å². The van der Waals surface area contributed by atoms with Gasteiger partial charge in [-0.2, -0.15) is 0 Å². The van der Waals surface area contributed by atoms with Crippen LogP contribution in [0, 0.1) is 0 Å². The predicted octanol–water partition coefficient (Wildman–Crippen LogP) is 1.42. The number of hydrogen-bond donors (Lipinski definition) is 2. The van der Waals surface area contributed by atoms with Gasteiger partial charge < -0.3 is 15.2 Å². The molecule has 0 aliphatic carbocycles. The van der Waals surface area contributed by atoms with Gasteiger partial charge in [0.25, 0.3) is 0 Å². The monoisotopic (exact) mass is 278 g/mol. The Kier molecular flexibility index (Phi) is 4.95. The van der Waals surface area contributed by atoms with E-state index in [2.05, 4.69) is 5.32 Å². The molecule has 1 aromatic rings. The number of aliphatic carboxylic acids is 1. The minimum Gasteiger partial charge on any atom is -0.480 e. The fourth-order valence-corrected chi connectivity index (χ4v) is 2.24. The Morgan fingerprint density at radius 2 is 2.10 bits per heavy atom. The van der Waals surface area contributed by atoms with Crippen molar-refractivity contribution in [3.63, 3.8) is 0 Å². The van der Waals surface area contributed by atoms with Crippen LogP contribution in [0.4, 0.5) is 4.79 Å². The lowest BCUT2D eigenvalue weighted by atomic mass is 10.2. The number of ether oxygens (including phenoxy) is 1. The van der Waals surface area contributed by atoms with E-state index in [1.165, 1.54) is 0 Å². The summed E-state index contributed by atoms with van der Waals surface area (Å²) in [6.45, 7) is 1.08. The van der Waals surface area contributed by atoms with Crippen LogP contribution < -0.4 is 5.32 Å². The molecule has 1 unspecified atom stereocenters. The Hall–Kier alpha value is -2.08. The average molecular weight is 278 g/mol. The molecule has 108 valence electrons. The third kappa shape index (κ3) is 3.96. The van der Waals surface area contributed by atoms with Gasteiger partial charge >= 0.3 is 12.1 Å². The second kappa shape index (κ2) is 6.91. The van der Waals surface area contributed by atoms with E-state index < -0.39 is 18.1 Å². The van der Waals surface area contributed by atoms with Gasteiger partial charge in [0.05, 0.1) is 6.67 Å². The molecular formula is C14H18N2O4. The first-order chi connectivity index (χ1) is 9.66. The highest BCUT2D eigenvalue weighted by Crippen LogP contribution is 2.15. The molecule has 0 aromatic heterocycles.